The van der Waals surface area contributed by atoms with Gasteiger partial charge in [-0.15, -0.1) is 0 Å². The number of halogens is 1. The summed E-state index contributed by atoms with van der Waals surface area (Å²) in [4.78, 5) is 11.9. The van der Waals surface area contributed by atoms with Gasteiger partial charge in [0, 0.05) is 23.1 Å². The fourth-order valence-corrected chi connectivity index (χ4v) is 3.43. The van der Waals surface area contributed by atoms with E-state index in [1.54, 1.807) is 54.3 Å². The number of thioether (sulfide) groups is 1. The highest BCUT2D eigenvalue weighted by molar-refractivity contribution is 7.98. The minimum atomic E-state index is -0.525. The van der Waals surface area contributed by atoms with Gasteiger partial charge in [-0.2, -0.15) is 23.1 Å². The van der Waals surface area contributed by atoms with E-state index in [1.807, 2.05) is 0 Å². The van der Waals surface area contributed by atoms with Gasteiger partial charge in [-0.05, 0) is 53.6 Å². The molecule has 1 aromatic heterocycles. The molecule has 1 N–H and O–H groups in total. The van der Waals surface area contributed by atoms with Crippen LogP contribution in [0.4, 0.5) is 0 Å². The van der Waals surface area contributed by atoms with Gasteiger partial charge in [0.25, 0.3) is 5.91 Å². The van der Waals surface area contributed by atoms with Crippen LogP contribution in [0.25, 0.3) is 0 Å². The van der Waals surface area contributed by atoms with Crippen LogP contribution in [0.15, 0.2) is 41.1 Å². The summed E-state index contributed by atoms with van der Waals surface area (Å²) < 4.78 is 5.57. The first-order chi connectivity index (χ1) is 10.6. The number of hydrogen-bond acceptors (Lipinski definition) is 4. The van der Waals surface area contributed by atoms with Crippen molar-refractivity contribution in [2.24, 2.45) is 0 Å². The monoisotopic (exact) mass is 355 g/mol. The molecule has 22 heavy (non-hydrogen) atoms. The van der Waals surface area contributed by atoms with Gasteiger partial charge in [0.2, 0.25) is 0 Å². The maximum Gasteiger partial charge on any atom is 0.260 e. The molecule has 1 amide bonds. The van der Waals surface area contributed by atoms with Crippen molar-refractivity contribution in [3.63, 3.8) is 0 Å². The summed E-state index contributed by atoms with van der Waals surface area (Å²) in [6.45, 7) is 2.38. The lowest BCUT2D eigenvalue weighted by Crippen LogP contribution is -2.37. The highest BCUT2D eigenvalue weighted by atomic mass is 35.5. The van der Waals surface area contributed by atoms with Crippen molar-refractivity contribution in [3.05, 3.63) is 51.7 Å². The topological polar surface area (TPSA) is 38.3 Å². The fourth-order valence-electron chi connectivity index (χ4n) is 1.73. The molecule has 1 unspecified atom stereocenters. The molecule has 0 aliphatic rings. The Hall–Kier alpha value is -1.17. The molecular formula is C16H18ClNO2S2. The summed E-state index contributed by atoms with van der Waals surface area (Å²) >= 11 is 9.32. The molecule has 0 bridgehead atoms. The lowest BCUT2D eigenvalue weighted by molar-refractivity contribution is -0.127. The predicted molar refractivity (Wildman–Crippen MR) is 95.0 cm³/mol. The second-order valence-electron chi connectivity index (χ2n) is 4.69. The first-order valence-electron chi connectivity index (χ1n) is 6.94. The van der Waals surface area contributed by atoms with Crippen LogP contribution in [0.5, 0.6) is 5.75 Å². The lowest BCUT2D eigenvalue weighted by Gasteiger charge is -2.14. The van der Waals surface area contributed by atoms with Gasteiger partial charge >= 0.3 is 0 Å². The van der Waals surface area contributed by atoms with Gasteiger partial charge < -0.3 is 10.1 Å². The Kier molecular flexibility index (Phi) is 7.09. The zero-order valence-electron chi connectivity index (χ0n) is 12.3. The predicted octanol–water partition coefficient (Wildman–Crippen LogP) is 4.22. The molecule has 1 atom stereocenters. The van der Waals surface area contributed by atoms with Crippen LogP contribution in [0.1, 0.15) is 12.5 Å². The second kappa shape index (κ2) is 9.08. The van der Waals surface area contributed by atoms with E-state index < -0.39 is 6.10 Å². The number of thiophene rings is 1. The summed E-state index contributed by atoms with van der Waals surface area (Å²) in [7, 11) is 0. The number of rotatable bonds is 8. The molecule has 2 rings (SSSR count). The third kappa shape index (κ3) is 5.91. The van der Waals surface area contributed by atoms with Gasteiger partial charge in [-0.25, -0.2) is 0 Å². The fraction of sp³-hybridized carbons (Fsp3) is 0.312. The van der Waals surface area contributed by atoms with E-state index in [4.69, 9.17) is 16.3 Å². The van der Waals surface area contributed by atoms with Gasteiger partial charge in [0.05, 0.1) is 0 Å². The van der Waals surface area contributed by atoms with E-state index in [0.29, 0.717) is 17.3 Å². The molecule has 118 valence electrons. The minimum absolute atomic E-state index is 0.105. The van der Waals surface area contributed by atoms with Crippen molar-refractivity contribution < 1.29 is 9.53 Å². The van der Waals surface area contributed by atoms with E-state index >= 15 is 0 Å². The molecule has 6 heteroatoms. The summed E-state index contributed by atoms with van der Waals surface area (Å²) in [5.74, 6) is 2.40. The molecule has 0 radical (unpaired) electrons. The first-order valence-corrected chi connectivity index (χ1v) is 9.41. The van der Waals surface area contributed by atoms with Crippen molar-refractivity contribution in [3.8, 4) is 5.75 Å². The van der Waals surface area contributed by atoms with Crippen molar-refractivity contribution in [2.75, 3.05) is 12.3 Å². The van der Waals surface area contributed by atoms with Crippen LogP contribution < -0.4 is 10.1 Å². The zero-order valence-corrected chi connectivity index (χ0v) is 14.6. The van der Waals surface area contributed by atoms with Crippen molar-refractivity contribution in [1.29, 1.82) is 0 Å². The minimum Gasteiger partial charge on any atom is -0.481 e. The van der Waals surface area contributed by atoms with E-state index in [2.05, 4.69) is 22.1 Å². The van der Waals surface area contributed by atoms with Crippen LogP contribution in [0.3, 0.4) is 0 Å². The Labute approximate surface area is 144 Å². The van der Waals surface area contributed by atoms with Gasteiger partial charge in [0.1, 0.15) is 5.75 Å². The Balaban J connectivity index is 1.62. The van der Waals surface area contributed by atoms with Gasteiger partial charge in [0.15, 0.2) is 6.10 Å². The molecule has 0 saturated heterocycles. The SMILES string of the molecule is CC(Oc1ccc(Cl)cc1)C(=O)NCCSCc1ccsc1. The summed E-state index contributed by atoms with van der Waals surface area (Å²) in [6.07, 6.45) is -0.525. The van der Waals surface area contributed by atoms with Crippen molar-refractivity contribution >= 4 is 40.6 Å². The summed E-state index contributed by atoms with van der Waals surface area (Å²) in [5, 5.41) is 7.75. The maximum absolute atomic E-state index is 11.9. The number of carbonyl (C=O) groups is 1. The lowest BCUT2D eigenvalue weighted by atomic mass is 10.3. The molecule has 1 heterocycles. The molecule has 0 fully saturated rings. The Morgan fingerprint density at radius 3 is 2.82 bits per heavy atom. The van der Waals surface area contributed by atoms with Crippen molar-refractivity contribution in [1.82, 2.24) is 5.32 Å². The van der Waals surface area contributed by atoms with Gasteiger partial charge in [-0.3, -0.25) is 4.79 Å². The average Bonchev–Trinajstić information content (AvgIpc) is 3.02. The van der Waals surface area contributed by atoms with E-state index in [1.165, 1.54) is 5.56 Å². The standard InChI is InChI=1S/C16H18ClNO2S2/c1-12(20-15-4-2-14(17)3-5-15)16(19)18-7-9-22-11-13-6-8-21-10-13/h2-6,8,10,12H,7,9,11H2,1H3,(H,18,19). The number of benzene rings is 1. The molecule has 0 aliphatic carbocycles. The highest BCUT2D eigenvalue weighted by Gasteiger charge is 2.13. The van der Waals surface area contributed by atoms with E-state index in [0.717, 1.165) is 11.5 Å². The molecule has 3 nitrogen and oxygen atoms in total. The number of hydrogen-bond donors (Lipinski definition) is 1. The smallest absolute Gasteiger partial charge is 0.260 e. The summed E-state index contributed by atoms with van der Waals surface area (Å²) in [5.41, 5.74) is 1.33. The van der Waals surface area contributed by atoms with Crippen LogP contribution in [-0.4, -0.2) is 24.3 Å². The maximum atomic E-state index is 11.9. The Morgan fingerprint density at radius 1 is 1.36 bits per heavy atom. The molecule has 2 aromatic rings. The van der Waals surface area contributed by atoms with E-state index in [-0.39, 0.29) is 5.91 Å². The highest BCUT2D eigenvalue weighted by Crippen LogP contribution is 2.17. The number of carbonyl (C=O) groups excluding carboxylic acids is 1. The largest absolute Gasteiger partial charge is 0.481 e. The second-order valence-corrected chi connectivity index (χ2v) is 7.01. The van der Waals surface area contributed by atoms with Crippen molar-refractivity contribution in [2.45, 2.75) is 18.8 Å². The third-order valence-corrected chi connectivity index (χ3v) is 4.90. The number of amides is 1. The Bertz CT molecular complexity index is 572. The molecule has 0 aliphatic heterocycles. The number of ether oxygens (including phenoxy) is 1. The molecule has 1 aromatic carbocycles. The molecule has 0 saturated carbocycles. The normalized spacial score (nSPS) is 11.9. The average molecular weight is 356 g/mol. The summed E-state index contributed by atoms with van der Waals surface area (Å²) in [6, 6.07) is 9.11. The molecular weight excluding hydrogens is 338 g/mol. The Morgan fingerprint density at radius 2 is 2.14 bits per heavy atom. The third-order valence-electron chi connectivity index (χ3n) is 2.89. The van der Waals surface area contributed by atoms with Gasteiger partial charge in [-0.1, -0.05) is 11.6 Å². The van der Waals surface area contributed by atoms with E-state index in [9.17, 15) is 4.79 Å². The number of nitrogens with one attached hydrogen (secondary N) is 1. The van der Waals surface area contributed by atoms with Crippen LogP contribution in [-0.2, 0) is 10.5 Å². The quantitative estimate of drug-likeness (QED) is 0.720. The van der Waals surface area contributed by atoms with Crippen LogP contribution in [0.2, 0.25) is 5.02 Å². The zero-order chi connectivity index (χ0) is 15.8. The first kappa shape index (κ1) is 17.2. The van der Waals surface area contributed by atoms with Crippen LogP contribution in [0, 0.1) is 0 Å². The van der Waals surface area contributed by atoms with Crippen LogP contribution >= 0.6 is 34.7 Å². The molecule has 0 spiro atoms.